The minimum Gasteiger partial charge on any atom is -0.370 e. The normalized spacial score (nSPS) is 17.9. The summed E-state index contributed by atoms with van der Waals surface area (Å²) in [5, 5.41) is 1.06. The maximum Gasteiger partial charge on any atom is 0.266 e. The average molecular weight is 518 g/mol. The Balaban J connectivity index is 1.61. The lowest BCUT2D eigenvalue weighted by atomic mass is 10.1. The molecule has 1 amide bonds. The van der Waals surface area contributed by atoms with Crippen molar-refractivity contribution in [2.75, 3.05) is 18.0 Å². The van der Waals surface area contributed by atoms with Crippen molar-refractivity contribution >= 4 is 56.9 Å². The molecule has 0 saturated carbocycles. The molecule has 3 heterocycles. The van der Waals surface area contributed by atoms with Crippen LogP contribution in [0.5, 0.6) is 0 Å². The number of hydrogen-bond donors (Lipinski definition) is 0. The zero-order valence-electron chi connectivity index (χ0n) is 20.8. The van der Waals surface area contributed by atoms with E-state index in [4.69, 9.17) is 12.2 Å². The topological polar surface area (TPSA) is 45.6 Å². The first-order valence-corrected chi connectivity index (χ1v) is 13.9. The molecule has 5 nitrogen and oxygen atoms in total. The number of thiocarbonyl (C=S) groups is 1. The summed E-state index contributed by atoms with van der Waals surface area (Å²) in [5.74, 6) is -0.136. The molecule has 0 aliphatic carbocycles. The molecule has 2 fully saturated rings. The highest BCUT2D eigenvalue weighted by atomic mass is 32.2. The van der Waals surface area contributed by atoms with E-state index in [1.54, 1.807) is 11.0 Å². The monoisotopic (exact) mass is 517 g/mol. The summed E-state index contributed by atoms with van der Waals surface area (Å²) >= 11 is 6.89. The van der Waals surface area contributed by atoms with Crippen LogP contribution in [-0.2, 0) is 17.9 Å². The van der Waals surface area contributed by atoms with Crippen LogP contribution in [0.2, 0.25) is 0 Å². The van der Waals surface area contributed by atoms with E-state index in [1.165, 1.54) is 30.2 Å². The fourth-order valence-corrected chi connectivity index (χ4v) is 6.37. The molecule has 36 heavy (non-hydrogen) atoms. The lowest BCUT2D eigenvalue weighted by Crippen LogP contribution is -2.31. The maximum atomic E-state index is 13.9. The summed E-state index contributed by atoms with van der Waals surface area (Å²) in [6, 6.07) is 16.3. The molecule has 186 valence electrons. The fourth-order valence-electron chi connectivity index (χ4n) is 5.13. The molecule has 2 saturated heterocycles. The highest BCUT2D eigenvalue weighted by Gasteiger charge is 2.33. The molecule has 0 bridgehead atoms. The van der Waals surface area contributed by atoms with Crippen LogP contribution < -0.4 is 10.5 Å². The summed E-state index contributed by atoms with van der Waals surface area (Å²) in [6.45, 7) is 6.85. The number of rotatable bonds is 5. The molecular weight excluding hydrogens is 486 g/mol. The number of aryl methyl sites for hydroxylation is 2. The molecule has 2 aliphatic rings. The Bertz CT molecular complexity index is 1400. The lowest BCUT2D eigenvalue weighted by Gasteiger charge is -2.27. The van der Waals surface area contributed by atoms with Gasteiger partial charge in [-0.05, 0) is 44.4 Å². The summed E-state index contributed by atoms with van der Waals surface area (Å²) in [4.78, 5) is 31.9. The van der Waals surface area contributed by atoms with E-state index in [9.17, 15) is 9.59 Å². The van der Waals surface area contributed by atoms with Gasteiger partial charge in [0.2, 0.25) is 0 Å². The van der Waals surface area contributed by atoms with E-state index in [-0.39, 0.29) is 11.5 Å². The van der Waals surface area contributed by atoms with Crippen LogP contribution in [-0.4, -0.2) is 32.8 Å². The molecule has 0 spiro atoms. The third-order valence-electron chi connectivity index (χ3n) is 7.03. The molecule has 1 aromatic heterocycles. The molecule has 0 radical (unpaired) electrons. The summed E-state index contributed by atoms with van der Waals surface area (Å²) in [5.41, 5.74) is 4.63. The van der Waals surface area contributed by atoms with Gasteiger partial charge < -0.3 is 9.47 Å². The molecule has 0 atom stereocenters. The average Bonchev–Trinajstić information content (AvgIpc) is 3.05. The van der Waals surface area contributed by atoms with E-state index >= 15 is 0 Å². The number of carbonyl (C=O) groups is 1. The number of benzene rings is 2. The molecule has 7 heteroatoms. The second-order valence-electron chi connectivity index (χ2n) is 9.48. The number of hydrogen-bond acceptors (Lipinski definition) is 5. The van der Waals surface area contributed by atoms with Gasteiger partial charge in [-0.15, -0.1) is 0 Å². The lowest BCUT2D eigenvalue weighted by molar-refractivity contribution is -0.122. The third-order valence-corrected chi connectivity index (χ3v) is 8.41. The summed E-state index contributed by atoms with van der Waals surface area (Å²) in [7, 11) is 0. The predicted molar refractivity (Wildman–Crippen MR) is 154 cm³/mol. The first-order chi connectivity index (χ1) is 17.5. The number of amides is 1. The van der Waals surface area contributed by atoms with Gasteiger partial charge in [-0.1, -0.05) is 84.8 Å². The SMILES string of the molecule is CCn1c(=O)c(C=C2SC(=S)N(Cc3ccc(C)cc3)C2=O)c(N2CCCCCC2)c2ccccc21. The van der Waals surface area contributed by atoms with Gasteiger partial charge >= 0.3 is 0 Å². The molecular formula is C29H31N3O2S2. The van der Waals surface area contributed by atoms with Gasteiger partial charge in [-0.3, -0.25) is 14.5 Å². The zero-order chi connectivity index (χ0) is 25.2. The van der Waals surface area contributed by atoms with Crippen molar-refractivity contribution in [3.63, 3.8) is 0 Å². The predicted octanol–water partition coefficient (Wildman–Crippen LogP) is 6.11. The van der Waals surface area contributed by atoms with Crippen LogP contribution in [0.25, 0.3) is 17.0 Å². The van der Waals surface area contributed by atoms with E-state index in [2.05, 4.69) is 11.0 Å². The van der Waals surface area contributed by atoms with E-state index in [1.807, 2.05) is 60.9 Å². The minimum atomic E-state index is -0.136. The molecule has 5 rings (SSSR count). The van der Waals surface area contributed by atoms with Gasteiger partial charge in [-0.25, -0.2) is 0 Å². The van der Waals surface area contributed by atoms with Crippen LogP contribution >= 0.6 is 24.0 Å². The second-order valence-corrected chi connectivity index (χ2v) is 11.2. The number of aromatic nitrogens is 1. The van der Waals surface area contributed by atoms with Crippen molar-refractivity contribution in [2.24, 2.45) is 0 Å². The summed E-state index contributed by atoms with van der Waals surface area (Å²) in [6.07, 6.45) is 6.41. The number of thioether (sulfide) groups is 1. The highest BCUT2D eigenvalue weighted by Crippen LogP contribution is 2.37. The Hall–Kier alpha value is -2.90. The van der Waals surface area contributed by atoms with Gasteiger partial charge in [0.05, 0.1) is 28.2 Å². The van der Waals surface area contributed by atoms with Gasteiger partial charge in [0, 0.05) is 25.0 Å². The van der Waals surface area contributed by atoms with Gasteiger partial charge in [-0.2, -0.15) is 0 Å². The number of para-hydroxylation sites is 1. The summed E-state index contributed by atoms with van der Waals surface area (Å²) < 4.78 is 2.34. The van der Waals surface area contributed by atoms with Crippen molar-refractivity contribution in [3.8, 4) is 0 Å². The Morgan fingerprint density at radius 1 is 0.972 bits per heavy atom. The Morgan fingerprint density at radius 3 is 2.36 bits per heavy atom. The standard InChI is InChI=1S/C29H31N3O2S2/c1-3-31-24-11-7-6-10-22(24)26(30-16-8-4-5-9-17-30)23(27(31)33)18-25-28(34)32(29(35)36-25)19-21-14-12-20(2)13-15-21/h6-7,10-15,18H,3-5,8-9,16-17,19H2,1-2H3. The number of fused-ring (bicyclic) bond motifs is 1. The quantitative estimate of drug-likeness (QED) is 0.302. The first-order valence-electron chi connectivity index (χ1n) is 12.7. The van der Waals surface area contributed by atoms with Crippen molar-refractivity contribution in [3.05, 3.63) is 80.5 Å². The van der Waals surface area contributed by atoms with Gasteiger partial charge in [0.25, 0.3) is 11.5 Å². The number of anilines is 1. The second kappa shape index (κ2) is 10.6. The largest absolute Gasteiger partial charge is 0.370 e. The van der Waals surface area contributed by atoms with Crippen molar-refractivity contribution in [1.29, 1.82) is 0 Å². The molecule has 0 N–H and O–H groups in total. The van der Waals surface area contributed by atoms with Crippen molar-refractivity contribution in [2.45, 2.75) is 52.6 Å². The number of nitrogens with zero attached hydrogens (tertiary/aromatic N) is 3. The van der Waals surface area contributed by atoms with Crippen LogP contribution in [0.1, 0.15) is 49.3 Å². The Labute approximate surface area is 221 Å². The number of carbonyl (C=O) groups excluding carboxylic acids is 1. The molecule has 2 aliphatic heterocycles. The van der Waals surface area contributed by atoms with Crippen LogP contribution in [0.15, 0.2) is 58.2 Å². The Kier molecular flexibility index (Phi) is 7.30. The van der Waals surface area contributed by atoms with E-state index < -0.39 is 0 Å². The van der Waals surface area contributed by atoms with Crippen LogP contribution in [0.4, 0.5) is 5.69 Å². The van der Waals surface area contributed by atoms with Crippen LogP contribution in [0.3, 0.4) is 0 Å². The molecule has 3 aromatic rings. The first kappa shape index (κ1) is 24.8. The molecule has 2 aromatic carbocycles. The van der Waals surface area contributed by atoms with Gasteiger partial charge in [0.1, 0.15) is 4.32 Å². The minimum absolute atomic E-state index is 0.0563. The van der Waals surface area contributed by atoms with Crippen molar-refractivity contribution in [1.82, 2.24) is 9.47 Å². The van der Waals surface area contributed by atoms with E-state index in [0.717, 1.165) is 48.1 Å². The maximum absolute atomic E-state index is 13.9. The number of pyridine rings is 1. The van der Waals surface area contributed by atoms with Gasteiger partial charge in [0.15, 0.2) is 0 Å². The third kappa shape index (κ3) is 4.74. The Morgan fingerprint density at radius 2 is 1.67 bits per heavy atom. The molecule has 0 unspecified atom stereocenters. The fraction of sp³-hybridized carbons (Fsp3) is 0.345. The highest BCUT2D eigenvalue weighted by molar-refractivity contribution is 8.26. The van der Waals surface area contributed by atoms with Crippen LogP contribution in [0, 0.1) is 6.92 Å². The zero-order valence-corrected chi connectivity index (χ0v) is 22.5. The van der Waals surface area contributed by atoms with E-state index in [0.29, 0.717) is 27.9 Å². The smallest absolute Gasteiger partial charge is 0.266 e. The van der Waals surface area contributed by atoms with Crippen molar-refractivity contribution < 1.29 is 4.79 Å².